The lowest BCUT2D eigenvalue weighted by Gasteiger charge is -2.36. The van der Waals surface area contributed by atoms with E-state index in [1.54, 1.807) is 0 Å². The van der Waals surface area contributed by atoms with Crippen LogP contribution in [0.15, 0.2) is 54.6 Å². The molecule has 1 amide bonds. The van der Waals surface area contributed by atoms with Gasteiger partial charge in [0.15, 0.2) is 0 Å². The summed E-state index contributed by atoms with van der Waals surface area (Å²) in [6.07, 6.45) is 0. The lowest BCUT2D eigenvalue weighted by atomic mass is 10.2. The smallest absolute Gasteiger partial charge is 0.264 e. The molecule has 4 aromatic rings. The van der Waals surface area contributed by atoms with E-state index < -0.39 is 0 Å². The number of aromatic nitrogens is 2. The first kappa shape index (κ1) is 20.1. The van der Waals surface area contributed by atoms with E-state index in [2.05, 4.69) is 30.0 Å². The molecular formula is C24H23ClN4OS. The Bertz CT molecular complexity index is 1250. The molecule has 0 unspecified atom stereocenters. The molecule has 0 bridgehead atoms. The number of rotatable bonds is 3. The second-order valence-electron chi connectivity index (χ2n) is 7.92. The summed E-state index contributed by atoms with van der Waals surface area (Å²) >= 11 is 7.53. The first-order valence-electron chi connectivity index (χ1n) is 10.4. The Morgan fingerprint density at radius 1 is 0.968 bits per heavy atom. The van der Waals surface area contributed by atoms with Gasteiger partial charge < -0.3 is 9.80 Å². The van der Waals surface area contributed by atoms with E-state index in [9.17, 15) is 4.79 Å². The van der Waals surface area contributed by atoms with Crippen molar-refractivity contribution in [1.29, 1.82) is 0 Å². The minimum atomic E-state index is 0.104. The third-order valence-electron chi connectivity index (χ3n) is 5.76. The number of carbonyl (C=O) groups excluding carboxylic acids is 1. The monoisotopic (exact) mass is 450 g/mol. The molecule has 31 heavy (non-hydrogen) atoms. The molecule has 0 saturated carbocycles. The predicted molar refractivity (Wildman–Crippen MR) is 128 cm³/mol. The van der Waals surface area contributed by atoms with Crippen molar-refractivity contribution in [3.63, 3.8) is 0 Å². The van der Waals surface area contributed by atoms with Gasteiger partial charge in [0.2, 0.25) is 0 Å². The summed E-state index contributed by atoms with van der Waals surface area (Å²) in [5.41, 5.74) is 4.30. The van der Waals surface area contributed by atoms with Gasteiger partial charge in [-0.3, -0.25) is 4.79 Å². The van der Waals surface area contributed by atoms with Crippen LogP contribution in [0.2, 0.25) is 5.02 Å². The van der Waals surface area contributed by atoms with Crippen molar-refractivity contribution in [1.82, 2.24) is 14.7 Å². The van der Waals surface area contributed by atoms with Crippen LogP contribution in [0.3, 0.4) is 0 Å². The van der Waals surface area contributed by atoms with E-state index in [4.69, 9.17) is 16.7 Å². The number of amides is 1. The van der Waals surface area contributed by atoms with Gasteiger partial charge in [-0.05, 0) is 61.9 Å². The molecule has 1 fully saturated rings. The van der Waals surface area contributed by atoms with E-state index in [1.165, 1.54) is 16.9 Å². The first-order chi connectivity index (χ1) is 15.0. The van der Waals surface area contributed by atoms with Crippen LogP contribution in [0.1, 0.15) is 20.9 Å². The summed E-state index contributed by atoms with van der Waals surface area (Å²) in [7, 11) is 0. The largest absolute Gasteiger partial charge is 0.368 e. The van der Waals surface area contributed by atoms with Crippen molar-refractivity contribution in [2.24, 2.45) is 0 Å². The molecule has 1 aliphatic rings. The molecule has 3 heterocycles. The molecule has 7 heteroatoms. The molecule has 0 N–H and O–H groups in total. The summed E-state index contributed by atoms with van der Waals surface area (Å²) in [6.45, 7) is 7.12. The van der Waals surface area contributed by atoms with E-state index in [0.717, 1.165) is 50.3 Å². The number of benzene rings is 2. The van der Waals surface area contributed by atoms with Crippen LogP contribution in [0.4, 0.5) is 5.69 Å². The average molecular weight is 451 g/mol. The van der Waals surface area contributed by atoms with Gasteiger partial charge in [0.1, 0.15) is 4.83 Å². The lowest BCUT2D eigenvalue weighted by molar-refractivity contribution is 0.0751. The highest BCUT2D eigenvalue weighted by atomic mass is 35.5. The maximum Gasteiger partial charge on any atom is 0.264 e. The van der Waals surface area contributed by atoms with Gasteiger partial charge in [0, 0.05) is 42.3 Å². The highest BCUT2D eigenvalue weighted by Crippen LogP contribution is 2.31. The second-order valence-corrected chi connectivity index (χ2v) is 9.39. The van der Waals surface area contributed by atoms with Crippen LogP contribution in [-0.4, -0.2) is 46.8 Å². The molecule has 0 aliphatic carbocycles. The van der Waals surface area contributed by atoms with Crippen LogP contribution < -0.4 is 4.90 Å². The number of aryl methyl sites for hydroxylation is 2. The molecule has 5 rings (SSSR count). The van der Waals surface area contributed by atoms with Gasteiger partial charge in [-0.25, -0.2) is 4.68 Å². The maximum atomic E-state index is 13.2. The normalized spacial score (nSPS) is 14.4. The average Bonchev–Trinajstić information content (AvgIpc) is 3.34. The number of thiophene rings is 1. The quantitative estimate of drug-likeness (QED) is 0.424. The molecule has 0 spiro atoms. The van der Waals surface area contributed by atoms with Crippen LogP contribution in [0.25, 0.3) is 15.9 Å². The Morgan fingerprint density at radius 3 is 2.42 bits per heavy atom. The van der Waals surface area contributed by atoms with E-state index in [0.29, 0.717) is 13.1 Å². The summed E-state index contributed by atoms with van der Waals surface area (Å²) in [6, 6.07) is 18.2. The standard InChI is InChI=1S/C24H23ClN4OS/c1-16-4-3-5-20(14-16)29-24-21(17(2)26-29)15-22(31-24)23(30)28-12-10-27(11-13-28)19-8-6-18(25)7-9-19/h3-9,14-15H,10-13H2,1-2H3. The van der Waals surface area contributed by atoms with Gasteiger partial charge in [-0.15, -0.1) is 11.3 Å². The minimum absolute atomic E-state index is 0.104. The maximum absolute atomic E-state index is 13.2. The van der Waals surface area contributed by atoms with Crippen molar-refractivity contribution in [3.05, 3.63) is 75.8 Å². The number of hydrogen-bond donors (Lipinski definition) is 0. The third kappa shape index (κ3) is 3.82. The zero-order chi connectivity index (χ0) is 21.5. The molecule has 158 valence electrons. The van der Waals surface area contributed by atoms with Gasteiger partial charge in [-0.1, -0.05) is 23.7 Å². The number of nitrogens with zero attached hydrogens (tertiary/aromatic N) is 4. The van der Waals surface area contributed by atoms with Gasteiger partial charge in [0.05, 0.1) is 16.3 Å². The van der Waals surface area contributed by atoms with Crippen molar-refractivity contribution in [3.8, 4) is 5.69 Å². The van der Waals surface area contributed by atoms with Crippen LogP contribution in [-0.2, 0) is 0 Å². The summed E-state index contributed by atoms with van der Waals surface area (Å²) in [5.74, 6) is 0.104. The molecule has 1 aliphatic heterocycles. The summed E-state index contributed by atoms with van der Waals surface area (Å²) in [4.78, 5) is 19.3. The first-order valence-corrected chi connectivity index (χ1v) is 11.5. The number of piperazine rings is 1. The Morgan fingerprint density at radius 2 is 1.71 bits per heavy atom. The highest BCUT2D eigenvalue weighted by Gasteiger charge is 2.25. The van der Waals surface area contributed by atoms with Crippen LogP contribution in [0.5, 0.6) is 0 Å². The molecule has 5 nitrogen and oxygen atoms in total. The fourth-order valence-corrected chi connectivity index (χ4v) is 5.34. The molecule has 0 radical (unpaired) electrons. The molecule has 1 saturated heterocycles. The van der Waals surface area contributed by atoms with Crippen molar-refractivity contribution < 1.29 is 4.79 Å². The summed E-state index contributed by atoms with van der Waals surface area (Å²) in [5, 5.41) is 6.50. The molecule has 2 aromatic heterocycles. The Balaban J connectivity index is 1.36. The molecule has 2 aromatic carbocycles. The van der Waals surface area contributed by atoms with Crippen molar-refractivity contribution in [2.45, 2.75) is 13.8 Å². The van der Waals surface area contributed by atoms with E-state index in [-0.39, 0.29) is 5.91 Å². The lowest BCUT2D eigenvalue weighted by Crippen LogP contribution is -2.48. The number of hydrogen-bond acceptors (Lipinski definition) is 4. The predicted octanol–water partition coefficient (Wildman–Crippen LogP) is 5.32. The topological polar surface area (TPSA) is 41.4 Å². The van der Waals surface area contributed by atoms with Gasteiger partial charge in [0.25, 0.3) is 5.91 Å². The highest BCUT2D eigenvalue weighted by molar-refractivity contribution is 7.20. The van der Waals surface area contributed by atoms with E-state index >= 15 is 0 Å². The van der Waals surface area contributed by atoms with Crippen LogP contribution in [0, 0.1) is 13.8 Å². The Hall–Kier alpha value is -2.83. The van der Waals surface area contributed by atoms with Crippen LogP contribution >= 0.6 is 22.9 Å². The second kappa shape index (κ2) is 8.02. The SMILES string of the molecule is Cc1cccc(-n2nc(C)c3cc(C(=O)N4CCN(c5ccc(Cl)cc5)CC4)sc32)c1. The molecule has 0 atom stereocenters. The van der Waals surface area contributed by atoms with Gasteiger partial charge in [-0.2, -0.15) is 5.10 Å². The molecular weight excluding hydrogens is 428 g/mol. The zero-order valence-electron chi connectivity index (χ0n) is 17.5. The van der Waals surface area contributed by atoms with Gasteiger partial charge >= 0.3 is 0 Å². The number of carbonyl (C=O) groups is 1. The fourth-order valence-electron chi connectivity index (χ4n) is 4.06. The Kier molecular flexibility index (Phi) is 5.20. The third-order valence-corrected chi connectivity index (χ3v) is 7.11. The summed E-state index contributed by atoms with van der Waals surface area (Å²) < 4.78 is 1.96. The zero-order valence-corrected chi connectivity index (χ0v) is 19.1. The Labute approximate surface area is 190 Å². The van der Waals surface area contributed by atoms with E-state index in [1.807, 2.05) is 52.9 Å². The van der Waals surface area contributed by atoms with Crippen molar-refractivity contribution >= 4 is 44.7 Å². The fraction of sp³-hybridized carbons (Fsp3) is 0.250. The minimum Gasteiger partial charge on any atom is -0.368 e. The van der Waals surface area contributed by atoms with Crippen molar-refractivity contribution in [2.75, 3.05) is 31.1 Å². The number of fused-ring (bicyclic) bond motifs is 1. The number of halogens is 1. The number of anilines is 1.